The topological polar surface area (TPSA) is 24.1 Å². The molecule has 0 radical (unpaired) electrons. The number of aromatic hydroxyl groups is 1. The molecule has 1 N–H and O–H groups in total. The van der Waals surface area contributed by atoms with Crippen LogP contribution in [0.5, 0.6) is 5.75 Å². The largest absolute Gasteiger partial charge is 0.508 e. The highest BCUT2D eigenvalue weighted by atomic mass is 79.9. The lowest BCUT2D eigenvalue weighted by Crippen LogP contribution is -2.34. The number of aryl methyl sites for hydroxylation is 2. The maximum atomic E-state index is 9.79. The van der Waals surface area contributed by atoms with Gasteiger partial charge < -0.3 is 5.11 Å². The Kier molecular flexibility index (Phi) is 5.54. The molecule has 138 valence electrons. The molecule has 0 spiro atoms. The highest BCUT2D eigenvalue weighted by Crippen LogP contribution is 2.25. The summed E-state index contributed by atoms with van der Waals surface area (Å²) in [6.45, 7) is 0.822. The molecule has 2 nitrogen and oxygen atoms in total. The second-order valence-corrected chi connectivity index (χ2v) is 7.66. The van der Waals surface area contributed by atoms with Gasteiger partial charge in [0.05, 0.1) is 0 Å². The van der Waals surface area contributed by atoms with Crippen molar-refractivity contribution in [3.05, 3.63) is 107 Å². The highest BCUT2D eigenvalue weighted by molar-refractivity contribution is 9.10. The van der Waals surface area contributed by atoms with Gasteiger partial charge in [0.25, 0.3) is 0 Å². The first-order valence-electron chi connectivity index (χ1n) is 9.31. The van der Waals surface area contributed by atoms with Gasteiger partial charge in [0, 0.05) is 22.0 Å². The summed E-state index contributed by atoms with van der Waals surface area (Å²) in [5.74, 6) is 0.297. The average Bonchev–Trinajstić information content (AvgIpc) is 2.75. The molecule has 0 saturated carbocycles. The average molecular weight is 431 g/mol. The van der Waals surface area contributed by atoms with Crippen molar-refractivity contribution in [2.75, 3.05) is 0 Å². The van der Waals surface area contributed by atoms with Gasteiger partial charge in [0.1, 0.15) is 5.75 Å². The van der Waals surface area contributed by atoms with Crippen molar-refractivity contribution in [2.45, 2.75) is 13.0 Å². The number of rotatable bonds is 5. The molecule has 3 heteroatoms. The number of halogens is 1. The Morgan fingerprint density at radius 2 is 1.25 bits per heavy atom. The molecule has 28 heavy (non-hydrogen) atoms. The van der Waals surface area contributed by atoms with Gasteiger partial charge in [0.2, 0.25) is 0 Å². The van der Waals surface area contributed by atoms with Crippen LogP contribution in [0, 0.1) is 0 Å². The Morgan fingerprint density at radius 1 is 0.679 bits per heavy atom. The number of phenolic OH excluding ortho intramolecular Hbond substituents is 1. The Bertz CT molecular complexity index is 1020. The maximum Gasteiger partial charge on any atom is 0.176 e. The first-order chi connectivity index (χ1) is 13.7. The van der Waals surface area contributed by atoms with Gasteiger partial charge in [-0.3, -0.25) is 0 Å². The summed E-state index contributed by atoms with van der Waals surface area (Å²) >= 11 is 3.59. The Hall–Kier alpha value is -2.91. The fraction of sp³-hybridized carbons (Fsp3) is 0.0800. The molecular formula is C25H21BrNO+. The minimum Gasteiger partial charge on any atom is -0.508 e. The number of benzene rings is 3. The quantitative estimate of drug-likeness (QED) is 0.384. The van der Waals surface area contributed by atoms with E-state index in [-0.39, 0.29) is 0 Å². The van der Waals surface area contributed by atoms with Crippen LogP contribution in [-0.4, -0.2) is 5.11 Å². The molecule has 0 aliphatic carbocycles. The van der Waals surface area contributed by atoms with Crippen molar-refractivity contribution in [3.63, 3.8) is 0 Å². The maximum absolute atomic E-state index is 9.79. The molecule has 0 aliphatic heterocycles. The third-order valence-corrected chi connectivity index (χ3v) is 5.58. The lowest BCUT2D eigenvalue weighted by molar-refractivity contribution is -0.695. The summed E-state index contributed by atoms with van der Waals surface area (Å²) in [5, 5.41) is 9.79. The van der Waals surface area contributed by atoms with E-state index in [2.05, 4.69) is 87.5 Å². The van der Waals surface area contributed by atoms with E-state index in [9.17, 15) is 5.11 Å². The smallest absolute Gasteiger partial charge is 0.176 e. The summed E-state index contributed by atoms with van der Waals surface area (Å²) in [7, 11) is 0. The second kappa shape index (κ2) is 8.41. The Morgan fingerprint density at radius 3 is 1.82 bits per heavy atom. The van der Waals surface area contributed by atoms with Gasteiger partial charge in [-0.1, -0.05) is 76.6 Å². The third-order valence-electron chi connectivity index (χ3n) is 4.80. The van der Waals surface area contributed by atoms with Crippen LogP contribution in [0.25, 0.3) is 22.3 Å². The molecule has 0 saturated heterocycles. The van der Waals surface area contributed by atoms with Crippen LogP contribution in [0.3, 0.4) is 0 Å². The van der Waals surface area contributed by atoms with Crippen LogP contribution in [0.15, 0.2) is 102 Å². The zero-order chi connectivity index (χ0) is 19.3. The zero-order valence-corrected chi connectivity index (χ0v) is 17.0. The fourth-order valence-electron chi connectivity index (χ4n) is 3.34. The molecule has 1 aromatic heterocycles. The summed E-state index contributed by atoms with van der Waals surface area (Å²) < 4.78 is 3.26. The van der Waals surface area contributed by atoms with E-state index in [1.165, 1.54) is 22.3 Å². The number of aromatic nitrogens is 1. The van der Waals surface area contributed by atoms with E-state index in [1.54, 1.807) is 6.07 Å². The molecule has 0 atom stereocenters. The van der Waals surface area contributed by atoms with E-state index < -0.39 is 0 Å². The van der Waals surface area contributed by atoms with Crippen molar-refractivity contribution in [1.82, 2.24) is 0 Å². The molecule has 0 amide bonds. The van der Waals surface area contributed by atoms with E-state index in [1.807, 2.05) is 24.3 Å². The Balaban J connectivity index is 1.70. The van der Waals surface area contributed by atoms with Gasteiger partial charge in [-0.05, 0) is 41.0 Å². The first-order valence-corrected chi connectivity index (χ1v) is 10.1. The number of hydrogen-bond donors (Lipinski definition) is 1. The predicted octanol–water partition coefficient (Wildman–Crippen LogP) is 6.02. The van der Waals surface area contributed by atoms with E-state index in [4.69, 9.17) is 0 Å². The number of pyridine rings is 1. The van der Waals surface area contributed by atoms with Crippen LogP contribution in [0.4, 0.5) is 0 Å². The Labute approximate surface area is 173 Å². The van der Waals surface area contributed by atoms with Crippen molar-refractivity contribution in [1.29, 1.82) is 0 Å². The SMILES string of the molecule is Oc1ccc(Br)c(CC[n+]2cc(-c3ccccc3)cc(-c3ccccc3)c2)c1. The highest BCUT2D eigenvalue weighted by Gasteiger charge is 2.12. The van der Waals surface area contributed by atoms with Crippen molar-refractivity contribution >= 4 is 15.9 Å². The van der Waals surface area contributed by atoms with Crippen LogP contribution in [-0.2, 0) is 13.0 Å². The van der Waals surface area contributed by atoms with E-state index in [0.29, 0.717) is 5.75 Å². The summed E-state index contributed by atoms with van der Waals surface area (Å²) in [4.78, 5) is 0. The first kappa shape index (κ1) is 18.5. The van der Waals surface area contributed by atoms with Gasteiger partial charge in [-0.2, -0.15) is 0 Å². The van der Waals surface area contributed by atoms with Crippen molar-refractivity contribution in [3.8, 4) is 28.0 Å². The van der Waals surface area contributed by atoms with Crippen LogP contribution in [0.1, 0.15) is 5.56 Å². The number of hydrogen-bond acceptors (Lipinski definition) is 1. The normalized spacial score (nSPS) is 10.8. The minimum absolute atomic E-state index is 0.297. The lowest BCUT2D eigenvalue weighted by atomic mass is 10.0. The summed E-state index contributed by atoms with van der Waals surface area (Å²) in [6.07, 6.45) is 5.21. The van der Waals surface area contributed by atoms with Crippen LogP contribution < -0.4 is 4.57 Å². The van der Waals surface area contributed by atoms with Crippen LogP contribution >= 0.6 is 15.9 Å². The molecular weight excluding hydrogens is 410 g/mol. The van der Waals surface area contributed by atoms with Gasteiger partial charge in [-0.15, -0.1) is 0 Å². The van der Waals surface area contributed by atoms with Gasteiger partial charge >= 0.3 is 0 Å². The summed E-state index contributed by atoms with van der Waals surface area (Å²) in [5.41, 5.74) is 5.88. The van der Waals surface area contributed by atoms with Gasteiger partial charge in [0.15, 0.2) is 18.9 Å². The molecule has 0 unspecified atom stereocenters. The molecule has 0 bridgehead atoms. The fourth-order valence-corrected chi connectivity index (χ4v) is 3.79. The molecule has 0 fully saturated rings. The molecule has 4 rings (SSSR count). The predicted molar refractivity (Wildman–Crippen MR) is 117 cm³/mol. The molecule has 3 aromatic carbocycles. The zero-order valence-electron chi connectivity index (χ0n) is 15.4. The lowest BCUT2D eigenvalue weighted by Gasteiger charge is -2.08. The molecule has 0 aliphatic rings. The minimum atomic E-state index is 0.297. The standard InChI is InChI=1S/C25H20BrNO/c26-25-12-11-24(28)16-21(25)13-14-27-17-22(19-7-3-1-4-8-19)15-23(18-27)20-9-5-2-6-10-20/h1-12,15-18H,13-14H2/p+1. The number of phenols is 1. The van der Waals surface area contributed by atoms with Crippen LogP contribution in [0.2, 0.25) is 0 Å². The molecule has 1 heterocycles. The van der Waals surface area contributed by atoms with E-state index >= 15 is 0 Å². The van der Waals surface area contributed by atoms with E-state index in [0.717, 1.165) is 23.0 Å². The van der Waals surface area contributed by atoms with Crippen molar-refractivity contribution in [2.24, 2.45) is 0 Å². The van der Waals surface area contributed by atoms with Gasteiger partial charge in [-0.25, -0.2) is 4.57 Å². The second-order valence-electron chi connectivity index (χ2n) is 6.81. The van der Waals surface area contributed by atoms with Crippen molar-refractivity contribution < 1.29 is 9.67 Å². The number of nitrogens with zero attached hydrogens (tertiary/aromatic N) is 1. The third kappa shape index (κ3) is 4.32. The summed E-state index contributed by atoms with van der Waals surface area (Å²) in [6, 6.07) is 28.6. The monoisotopic (exact) mass is 430 g/mol. The molecule has 4 aromatic rings.